The fourth-order valence-electron chi connectivity index (χ4n) is 9.90. The van der Waals surface area contributed by atoms with E-state index in [0.717, 1.165) is 56.2 Å². The first-order valence-corrected chi connectivity index (χ1v) is 26.1. The summed E-state index contributed by atoms with van der Waals surface area (Å²) in [6.07, 6.45) is 0. The lowest BCUT2D eigenvalue weighted by atomic mass is 9.91. The minimum Gasteiger partial charge on any atom is -0.248 e. The van der Waals surface area contributed by atoms with Gasteiger partial charge in [-0.25, -0.2) is 9.97 Å². The highest BCUT2D eigenvalue weighted by Gasteiger charge is 2.15. The van der Waals surface area contributed by atoms with Crippen LogP contribution in [0, 0.1) is 27.7 Å². The number of benzene rings is 10. The Morgan fingerprint density at radius 3 is 0.671 bits per heavy atom. The molecule has 0 saturated carbocycles. The standard InChI is InChI=1S/2C37H29N/c1-26-11-9-17-30(19-26)32-21-33(31-18-10-12-27(2)20-31)23-34(22-32)35-24-36(28-13-5-3-6-14-28)38-37(25-35)29-15-7-4-8-16-29;1-26-16-18-28(19-17-26)32-21-33(31-15-9-10-27(2)20-31)23-34(22-32)35-24-36(29-11-5-3-6-12-29)38-37(25-35)30-13-7-4-8-14-30/h2*3-25H,1-2H3. The molecule has 2 heterocycles. The smallest absolute Gasteiger partial charge is 0.0715 e. The number of pyridine rings is 2. The highest BCUT2D eigenvalue weighted by atomic mass is 14.7. The summed E-state index contributed by atoms with van der Waals surface area (Å²) in [5, 5.41) is 0. The van der Waals surface area contributed by atoms with Gasteiger partial charge in [0.05, 0.1) is 22.8 Å². The second-order valence-corrected chi connectivity index (χ2v) is 19.8. The van der Waals surface area contributed by atoms with Crippen molar-refractivity contribution in [1.82, 2.24) is 9.97 Å². The van der Waals surface area contributed by atoms with Crippen LogP contribution in [0.25, 0.3) is 112 Å². The Morgan fingerprint density at radius 1 is 0.158 bits per heavy atom. The minimum absolute atomic E-state index is 0.972. The molecular formula is C74H58N2. The van der Waals surface area contributed by atoms with Crippen LogP contribution in [0.5, 0.6) is 0 Å². The summed E-state index contributed by atoms with van der Waals surface area (Å²) < 4.78 is 0. The molecule has 12 rings (SSSR count). The number of hydrogen-bond donors (Lipinski definition) is 0. The van der Waals surface area contributed by atoms with Gasteiger partial charge in [-0.05, 0) is 155 Å². The summed E-state index contributed by atoms with van der Waals surface area (Å²) in [5.41, 5.74) is 27.7. The molecule has 364 valence electrons. The Hall–Kier alpha value is -9.50. The molecule has 0 aliphatic rings. The predicted octanol–water partition coefficient (Wildman–Crippen LogP) is 20.1. The largest absolute Gasteiger partial charge is 0.248 e. The van der Waals surface area contributed by atoms with Crippen LogP contribution >= 0.6 is 0 Å². The average Bonchev–Trinajstić information content (AvgIpc) is 3.49. The van der Waals surface area contributed by atoms with E-state index in [0.29, 0.717) is 0 Å². The fourth-order valence-corrected chi connectivity index (χ4v) is 9.90. The number of hydrogen-bond acceptors (Lipinski definition) is 2. The summed E-state index contributed by atoms with van der Waals surface area (Å²) >= 11 is 0. The van der Waals surface area contributed by atoms with Crippen LogP contribution in [0.15, 0.2) is 279 Å². The molecule has 2 nitrogen and oxygen atoms in total. The van der Waals surface area contributed by atoms with Crippen molar-refractivity contribution in [3.63, 3.8) is 0 Å². The van der Waals surface area contributed by atoms with Crippen LogP contribution in [0.1, 0.15) is 22.3 Å². The number of rotatable bonds is 10. The van der Waals surface area contributed by atoms with E-state index >= 15 is 0 Å². The van der Waals surface area contributed by atoms with Crippen molar-refractivity contribution in [2.45, 2.75) is 27.7 Å². The van der Waals surface area contributed by atoms with E-state index in [2.05, 4.69) is 282 Å². The van der Waals surface area contributed by atoms with E-state index in [1.165, 1.54) is 77.9 Å². The highest BCUT2D eigenvalue weighted by molar-refractivity contribution is 5.86. The Balaban J connectivity index is 0.000000162. The Kier molecular flexibility index (Phi) is 14.3. The lowest BCUT2D eigenvalue weighted by Gasteiger charge is -2.14. The number of aromatic nitrogens is 2. The van der Waals surface area contributed by atoms with E-state index in [-0.39, 0.29) is 0 Å². The van der Waals surface area contributed by atoms with Gasteiger partial charge < -0.3 is 0 Å². The van der Waals surface area contributed by atoms with Crippen LogP contribution in [0.4, 0.5) is 0 Å². The van der Waals surface area contributed by atoms with Crippen LogP contribution in [-0.2, 0) is 0 Å². The molecule has 0 unspecified atom stereocenters. The minimum atomic E-state index is 0.972. The molecule has 0 radical (unpaired) electrons. The first-order chi connectivity index (χ1) is 37.2. The average molecular weight is 975 g/mol. The van der Waals surface area contributed by atoms with Crippen molar-refractivity contribution in [2.24, 2.45) is 0 Å². The van der Waals surface area contributed by atoms with E-state index in [1.807, 2.05) is 24.3 Å². The third kappa shape index (κ3) is 11.5. The molecule has 0 fully saturated rings. The maximum absolute atomic E-state index is 5.08. The second kappa shape index (κ2) is 22.3. The molecule has 12 aromatic rings. The summed E-state index contributed by atoms with van der Waals surface area (Å²) in [7, 11) is 0. The van der Waals surface area contributed by atoms with E-state index in [1.54, 1.807) is 0 Å². The molecule has 0 saturated heterocycles. The van der Waals surface area contributed by atoms with E-state index < -0.39 is 0 Å². The summed E-state index contributed by atoms with van der Waals surface area (Å²) in [6, 6.07) is 99.5. The van der Waals surface area contributed by atoms with Crippen molar-refractivity contribution in [2.75, 3.05) is 0 Å². The summed E-state index contributed by atoms with van der Waals surface area (Å²) in [6.45, 7) is 8.58. The SMILES string of the molecule is Cc1ccc(-c2cc(-c3cccc(C)c3)cc(-c3cc(-c4ccccc4)nc(-c4ccccc4)c3)c2)cc1.Cc1cccc(-c2cc(-c3cccc(C)c3)cc(-c3cc(-c4ccccc4)nc(-c4ccccc4)c3)c2)c1. The first kappa shape index (κ1) is 48.8. The number of nitrogens with zero attached hydrogens (tertiary/aromatic N) is 2. The molecule has 2 heteroatoms. The van der Waals surface area contributed by atoms with Crippen LogP contribution in [0.3, 0.4) is 0 Å². The van der Waals surface area contributed by atoms with Gasteiger partial charge in [0, 0.05) is 22.3 Å². The van der Waals surface area contributed by atoms with Crippen LogP contribution < -0.4 is 0 Å². The van der Waals surface area contributed by atoms with Gasteiger partial charge in [-0.3, -0.25) is 0 Å². The maximum Gasteiger partial charge on any atom is 0.0715 e. The predicted molar refractivity (Wildman–Crippen MR) is 322 cm³/mol. The van der Waals surface area contributed by atoms with E-state index in [4.69, 9.17) is 9.97 Å². The van der Waals surface area contributed by atoms with Gasteiger partial charge in [-0.1, -0.05) is 241 Å². The molecule has 0 aliphatic heterocycles. The van der Waals surface area contributed by atoms with Gasteiger partial charge in [-0.15, -0.1) is 0 Å². The maximum atomic E-state index is 5.08. The topological polar surface area (TPSA) is 25.8 Å². The third-order valence-electron chi connectivity index (χ3n) is 13.9. The van der Waals surface area contributed by atoms with Crippen molar-refractivity contribution in [3.05, 3.63) is 301 Å². The zero-order chi connectivity index (χ0) is 51.8. The van der Waals surface area contributed by atoms with Crippen molar-refractivity contribution < 1.29 is 0 Å². The zero-order valence-electron chi connectivity index (χ0n) is 43.5. The molecule has 0 amide bonds. The van der Waals surface area contributed by atoms with Gasteiger partial charge in [0.15, 0.2) is 0 Å². The zero-order valence-corrected chi connectivity index (χ0v) is 43.5. The summed E-state index contributed by atoms with van der Waals surface area (Å²) in [4.78, 5) is 10.2. The molecule has 0 spiro atoms. The molecule has 0 aliphatic carbocycles. The first-order valence-electron chi connectivity index (χ1n) is 26.1. The van der Waals surface area contributed by atoms with Crippen LogP contribution in [0.2, 0.25) is 0 Å². The molecule has 0 bridgehead atoms. The normalized spacial score (nSPS) is 10.9. The Labute approximate surface area is 448 Å². The molecule has 0 N–H and O–H groups in total. The van der Waals surface area contributed by atoms with Gasteiger partial charge >= 0.3 is 0 Å². The molecule has 2 aromatic heterocycles. The van der Waals surface area contributed by atoms with Gasteiger partial charge in [0.25, 0.3) is 0 Å². The van der Waals surface area contributed by atoms with E-state index in [9.17, 15) is 0 Å². The quantitative estimate of drug-likeness (QED) is 0.136. The van der Waals surface area contributed by atoms with Crippen molar-refractivity contribution in [1.29, 1.82) is 0 Å². The molecular weight excluding hydrogens is 917 g/mol. The lowest BCUT2D eigenvalue weighted by Crippen LogP contribution is -1.92. The fraction of sp³-hybridized carbons (Fsp3) is 0.0541. The van der Waals surface area contributed by atoms with Crippen LogP contribution in [-0.4, -0.2) is 9.97 Å². The Morgan fingerprint density at radius 2 is 0.395 bits per heavy atom. The second-order valence-electron chi connectivity index (χ2n) is 19.8. The van der Waals surface area contributed by atoms with Gasteiger partial charge in [-0.2, -0.15) is 0 Å². The Bertz CT molecular complexity index is 3760. The van der Waals surface area contributed by atoms with Gasteiger partial charge in [0.1, 0.15) is 0 Å². The van der Waals surface area contributed by atoms with Crippen molar-refractivity contribution in [3.8, 4) is 112 Å². The molecule has 10 aromatic carbocycles. The molecule has 76 heavy (non-hydrogen) atoms. The van der Waals surface area contributed by atoms with Crippen molar-refractivity contribution >= 4 is 0 Å². The third-order valence-corrected chi connectivity index (χ3v) is 13.9. The lowest BCUT2D eigenvalue weighted by molar-refractivity contribution is 1.32. The highest BCUT2D eigenvalue weighted by Crippen LogP contribution is 2.39. The van der Waals surface area contributed by atoms with Gasteiger partial charge in [0.2, 0.25) is 0 Å². The number of aryl methyl sites for hydroxylation is 4. The monoisotopic (exact) mass is 974 g/mol. The summed E-state index contributed by atoms with van der Waals surface area (Å²) in [5.74, 6) is 0. The molecule has 0 atom stereocenters.